The average molecular weight is 378 g/mol. The van der Waals surface area contributed by atoms with Crippen LogP contribution in [-0.4, -0.2) is 24.5 Å². The number of rotatable bonds is 3. The monoisotopic (exact) mass is 377 g/mol. The molecule has 0 bridgehead atoms. The van der Waals surface area contributed by atoms with Crippen molar-refractivity contribution < 1.29 is 9.59 Å². The van der Waals surface area contributed by atoms with Crippen LogP contribution in [0.25, 0.3) is 0 Å². The summed E-state index contributed by atoms with van der Waals surface area (Å²) in [6.07, 6.45) is 0.255. The Morgan fingerprint density at radius 1 is 1.16 bits per heavy atom. The molecule has 2 aromatic carbocycles. The van der Waals surface area contributed by atoms with E-state index in [4.69, 9.17) is 23.2 Å². The zero-order valence-electron chi connectivity index (χ0n) is 13.6. The Morgan fingerprint density at radius 3 is 2.60 bits per heavy atom. The summed E-state index contributed by atoms with van der Waals surface area (Å²) in [5.41, 5.74) is 2.21. The lowest BCUT2D eigenvalue weighted by atomic mass is 10.2. The highest BCUT2D eigenvalue weighted by molar-refractivity contribution is 6.31. The fraction of sp³-hybridized carbons (Fsp3) is 0.222. The number of anilines is 2. The summed E-state index contributed by atoms with van der Waals surface area (Å²) in [6.45, 7) is 2.25. The van der Waals surface area contributed by atoms with Crippen LogP contribution in [0.1, 0.15) is 12.0 Å². The topological polar surface area (TPSA) is 61.4 Å². The van der Waals surface area contributed by atoms with Crippen molar-refractivity contribution in [2.45, 2.75) is 19.4 Å². The number of urea groups is 1. The van der Waals surface area contributed by atoms with E-state index in [1.807, 2.05) is 6.92 Å². The van der Waals surface area contributed by atoms with Gasteiger partial charge in [0.15, 0.2) is 0 Å². The molecule has 1 fully saturated rings. The molecule has 1 heterocycles. The van der Waals surface area contributed by atoms with Crippen LogP contribution < -0.4 is 15.5 Å². The molecule has 0 aliphatic carbocycles. The smallest absolute Gasteiger partial charge is 0.319 e. The van der Waals surface area contributed by atoms with Gasteiger partial charge in [-0.3, -0.25) is 4.79 Å². The Labute approximate surface area is 155 Å². The van der Waals surface area contributed by atoms with Gasteiger partial charge in [-0.15, -0.1) is 0 Å². The van der Waals surface area contributed by atoms with Gasteiger partial charge in [0.25, 0.3) is 0 Å². The molecule has 1 unspecified atom stereocenters. The molecule has 1 atom stereocenters. The predicted octanol–water partition coefficient (Wildman–Crippen LogP) is 4.23. The van der Waals surface area contributed by atoms with Gasteiger partial charge in [0, 0.05) is 34.4 Å². The molecule has 3 amide bonds. The number of hydrogen-bond donors (Lipinski definition) is 2. The zero-order chi connectivity index (χ0) is 18.0. The van der Waals surface area contributed by atoms with Crippen LogP contribution in [0.5, 0.6) is 0 Å². The minimum atomic E-state index is -0.360. The number of halogens is 2. The second kappa shape index (κ2) is 7.33. The molecular weight excluding hydrogens is 361 g/mol. The maximum Gasteiger partial charge on any atom is 0.319 e. The van der Waals surface area contributed by atoms with E-state index in [0.717, 1.165) is 11.3 Å². The number of amides is 3. The van der Waals surface area contributed by atoms with Crippen LogP contribution in [0.3, 0.4) is 0 Å². The van der Waals surface area contributed by atoms with Crippen molar-refractivity contribution in [1.29, 1.82) is 0 Å². The van der Waals surface area contributed by atoms with E-state index in [1.54, 1.807) is 47.4 Å². The maximum atomic E-state index is 12.2. The average Bonchev–Trinajstić information content (AvgIpc) is 2.93. The summed E-state index contributed by atoms with van der Waals surface area (Å²) < 4.78 is 0. The molecule has 2 N–H and O–H groups in total. The normalized spacial score (nSPS) is 16.8. The lowest BCUT2D eigenvalue weighted by Gasteiger charge is -2.18. The molecule has 0 aromatic heterocycles. The van der Waals surface area contributed by atoms with E-state index >= 15 is 0 Å². The Kier molecular flexibility index (Phi) is 5.16. The number of nitrogens with one attached hydrogen (secondary N) is 2. The molecule has 7 heteroatoms. The Balaban J connectivity index is 1.62. The highest BCUT2D eigenvalue weighted by atomic mass is 35.5. The molecule has 2 aromatic rings. The van der Waals surface area contributed by atoms with Gasteiger partial charge in [0.2, 0.25) is 5.91 Å². The van der Waals surface area contributed by atoms with E-state index in [1.165, 1.54) is 0 Å². The van der Waals surface area contributed by atoms with Crippen LogP contribution in [0.4, 0.5) is 16.2 Å². The molecular formula is C18H17Cl2N3O2. The summed E-state index contributed by atoms with van der Waals surface area (Å²) in [4.78, 5) is 26.1. The molecule has 5 nitrogen and oxygen atoms in total. The summed E-state index contributed by atoms with van der Waals surface area (Å²) in [7, 11) is 0. The Bertz CT molecular complexity index is 808. The van der Waals surface area contributed by atoms with E-state index < -0.39 is 0 Å². The second-order valence-corrected chi connectivity index (χ2v) is 6.74. The van der Waals surface area contributed by atoms with Gasteiger partial charge in [-0.2, -0.15) is 0 Å². The minimum Gasteiger partial charge on any atom is -0.333 e. The number of carbonyl (C=O) groups excluding carboxylic acids is 2. The maximum absolute atomic E-state index is 12.2. The van der Waals surface area contributed by atoms with Crippen LogP contribution in [-0.2, 0) is 4.79 Å². The molecule has 3 rings (SSSR count). The standard InChI is InChI=1S/C18H17Cl2N3O2/c1-11-15(20)3-2-4-16(11)22-18(25)21-13-9-17(24)23(10-13)14-7-5-12(19)6-8-14/h2-8,13H,9-10H2,1H3,(H2,21,22,25). The third-order valence-electron chi connectivity index (χ3n) is 4.11. The minimum absolute atomic E-state index is 0.0356. The lowest BCUT2D eigenvalue weighted by Crippen LogP contribution is -2.39. The summed E-state index contributed by atoms with van der Waals surface area (Å²) >= 11 is 11.9. The van der Waals surface area contributed by atoms with Gasteiger partial charge in [0.05, 0.1) is 6.04 Å². The van der Waals surface area contributed by atoms with Crippen molar-refractivity contribution in [3.63, 3.8) is 0 Å². The van der Waals surface area contributed by atoms with E-state index in [-0.39, 0.29) is 24.4 Å². The first-order chi connectivity index (χ1) is 11.9. The van der Waals surface area contributed by atoms with E-state index in [2.05, 4.69) is 10.6 Å². The largest absolute Gasteiger partial charge is 0.333 e. The summed E-state index contributed by atoms with van der Waals surface area (Å²) in [6, 6.07) is 11.7. The fourth-order valence-electron chi connectivity index (χ4n) is 2.76. The van der Waals surface area contributed by atoms with E-state index in [0.29, 0.717) is 22.3 Å². The van der Waals surface area contributed by atoms with E-state index in [9.17, 15) is 9.59 Å². The predicted molar refractivity (Wildman–Crippen MR) is 101 cm³/mol. The highest BCUT2D eigenvalue weighted by Gasteiger charge is 2.31. The fourth-order valence-corrected chi connectivity index (χ4v) is 3.06. The molecule has 1 aliphatic heterocycles. The second-order valence-electron chi connectivity index (χ2n) is 5.89. The van der Waals surface area contributed by atoms with Gasteiger partial charge in [-0.1, -0.05) is 29.3 Å². The zero-order valence-corrected chi connectivity index (χ0v) is 15.1. The highest BCUT2D eigenvalue weighted by Crippen LogP contribution is 2.24. The molecule has 1 saturated heterocycles. The lowest BCUT2D eigenvalue weighted by molar-refractivity contribution is -0.117. The first kappa shape index (κ1) is 17.6. The van der Waals surface area contributed by atoms with Crippen molar-refractivity contribution in [3.8, 4) is 0 Å². The molecule has 1 aliphatic rings. The van der Waals surface area contributed by atoms with Crippen molar-refractivity contribution in [2.24, 2.45) is 0 Å². The van der Waals surface area contributed by atoms with Crippen molar-refractivity contribution in [1.82, 2.24) is 5.32 Å². The molecule has 0 radical (unpaired) electrons. The first-order valence-corrected chi connectivity index (χ1v) is 8.58. The van der Waals surface area contributed by atoms with Crippen molar-refractivity contribution in [2.75, 3.05) is 16.8 Å². The van der Waals surface area contributed by atoms with Gasteiger partial charge in [0.1, 0.15) is 0 Å². The van der Waals surface area contributed by atoms with Crippen molar-refractivity contribution in [3.05, 3.63) is 58.1 Å². The van der Waals surface area contributed by atoms with Gasteiger partial charge in [-0.05, 0) is 48.9 Å². The number of carbonyl (C=O) groups is 2. The van der Waals surface area contributed by atoms with Gasteiger partial charge < -0.3 is 15.5 Å². The molecule has 130 valence electrons. The molecule has 0 spiro atoms. The van der Waals surface area contributed by atoms with Crippen molar-refractivity contribution >= 4 is 46.5 Å². The number of hydrogen-bond acceptors (Lipinski definition) is 2. The van der Waals surface area contributed by atoms with Crippen LogP contribution >= 0.6 is 23.2 Å². The third-order valence-corrected chi connectivity index (χ3v) is 4.78. The Morgan fingerprint density at radius 2 is 1.88 bits per heavy atom. The third kappa shape index (κ3) is 4.06. The molecule has 0 saturated carbocycles. The summed E-state index contributed by atoms with van der Waals surface area (Å²) in [5.74, 6) is -0.0356. The SMILES string of the molecule is Cc1c(Cl)cccc1NC(=O)NC1CC(=O)N(c2ccc(Cl)cc2)C1. The first-order valence-electron chi connectivity index (χ1n) is 7.82. The van der Waals surface area contributed by atoms with Gasteiger partial charge in [-0.25, -0.2) is 4.79 Å². The van der Waals surface area contributed by atoms with Crippen LogP contribution in [0.15, 0.2) is 42.5 Å². The van der Waals surface area contributed by atoms with Crippen LogP contribution in [0, 0.1) is 6.92 Å². The van der Waals surface area contributed by atoms with Crippen LogP contribution in [0.2, 0.25) is 10.0 Å². The number of benzene rings is 2. The quantitative estimate of drug-likeness (QED) is 0.840. The Hall–Kier alpha value is -2.24. The van der Waals surface area contributed by atoms with Gasteiger partial charge >= 0.3 is 6.03 Å². The number of nitrogens with zero attached hydrogens (tertiary/aromatic N) is 1. The molecule has 25 heavy (non-hydrogen) atoms. The summed E-state index contributed by atoms with van der Waals surface area (Å²) in [5, 5.41) is 6.81.